The summed E-state index contributed by atoms with van der Waals surface area (Å²) in [4.78, 5) is 23.5. The van der Waals surface area contributed by atoms with Gasteiger partial charge in [-0.15, -0.1) is 0 Å². The van der Waals surface area contributed by atoms with Gasteiger partial charge >= 0.3 is 5.76 Å². The third kappa shape index (κ3) is 4.23. The van der Waals surface area contributed by atoms with Crippen molar-refractivity contribution in [1.29, 1.82) is 0 Å². The molecule has 2 aromatic rings. The molecule has 26 heavy (non-hydrogen) atoms. The van der Waals surface area contributed by atoms with E-state index in [2.05, 4.69) is 10.9 Å². The highest BCUT2D eigenvalue weighted by molar-refractivity contribution is 7.91. The standard InChI is InChI=1S/C17H16F2N2O4S/c1-10-3-8-14(11(2)9-10)16(23)21-20-15(22)12-4-6-13(7-5-12)26(24,25)17(18)19/h3-9,17H,1-2H3,(H,20,22)(H,21,23). The predicted octanol–water partition coefficient (Wildman–Crippen LogP) is 2.37. The number of carbonyl (C=O) groups is 2. The van der Waals surface area contributed by atoms with Crippen molar-refractivity contribution in [2.24, 2.45) is 0 Å². The van der Waals surface area contributed by atoms with Crippen LogP contribution in [0.4, 0.5) is 8.78 Å². The van der Waals surface area contributed by atoms with Crippen LogP contribution in [0, 0.1) is 13.8 Å². The van der Waals surface area contributed by atoms with Gasteiger partial charge < -0.3 is 0 Å². The Bertz CT molecular complexity index is 942. The number of carbonyl (C=O) groups excluding carboxylic acids is 2. The molecular formula is C17H16F2N2O4S. The average Bonchev–Trinajstić information content (AvgIpc) is 2.59. The summed E-state index contributed by atoms with van der Waals surface area (Å²) in [5.41, 5.74) is 6.53. The van der Waals surface area contributed by atoms with Crippen LogP contribution in [0.25, 0.3) is 0 Å². The fraction of sp³-hybridized carbons (Fsp3) is 0.176. The predicted molar refractivity (Wildman–Crippen MR) is 90.5 cm³/mol. The number of alkyl halides is 2. The Morgan fingerprint density at radius 1 is 0.923 bits per heavy atom. The first-order chi connectivity index (χ1) is 12.1. The van der Waals surface area contributed by atoms with Crippen LogP contribution in [-0.4, -0.2) is 26.0 Å². The molecule has 0 fully saturated rings. The molecule has 0 aliphatic rings. The minimum absolute atomic E-state index is 0.000792. The molecule has 0 atom stereocenters. The van der Waals surface area contributed by atoms with E-state index < -0.39 is 32.3 Å². The third-order valence-electron chi connectivity index (χ3n) is 3.60. The van der Waals surface area contributed by atoms with Crippen molar-refractivity contribution in [3.05, 3.63) is 64.7 Å². The number of hydrogen-bond acceptors (Lipinski definition) is 4. The Morgan fingerprint density at radius 2 is 1.50 bits per heavy atom. The first-order valence-corrected chi connectivity index (χ1v) is 8.97. The summed E-state index contributed by atoms with van der Waals surface area (Å²) >= 11 is 0. The molecule has 0 heterocycles. The monoisotopic (exact) mass is 382 g/mol. The van der Waals surface area contributed by atoms with Crippen LogP contribution in [0.15, 0.2) is 47.4 Å². The lowest BCUT2D eigenvalue weighted by Crippen LogP contribution is -2.41. The van der Waals surface area contributed by atoms with Gasteiger partial charge in [-0.2, -0.15) is 8.78 Å². The number of amides is 2. The van der Waals surface area contributed by atoms with Gasteiger partial charge in [-0.1, -0.05) is 17.7 Å². The quantitative estimate of drug-likeness (QED) is 0.794. The first-order valence-electron chi connectivity index (χ1n) is 7.43. The van der Waals surface area contributed by atoms with Crippen LogP contribution in [0.1, 0.15) is 31.8 Å². The SMILES string of the molecule is Cc1ccc(C(=O)NNC(=O)c2ccc(S(=O)(=O)C(F)F)cc2)c(C)c1. The Labute approximate surface area is 149 Å². The maximum atomic E-state index is 12.5. The summed E-state index contributed by atoms with van der Waals surface area (Å²) in [6, 6.07) is 9.16. The largest absolute Gasteiger partial charge is 0.341 e. The molecule has 2 amide bonds. The van der Waals surface area contributed by atoms with Gasteiger partial charge in [0.05, 0.1) is 4.90 Å². The topological polar surface area (TPSA) is 92.3 Å². The van der Waals surface area contributed by atoms with E-state index in [0.29, 0.717) is 5.56 Å². The van der Waals surface area contributed by atoms with Crippen LogP contribution in [0.5, 0.6) is 0 Å². The average molecular weight is 382 g/mol. The zero-order valence-electron chi connectivity index (χ0n) is 13.9. The van der Waals surface area contributed by atoms with E-state index in [4.69, 9.17) is 0 Å². The van der Waals surface area contributed by atoms with Gasteiger partial charge in [-0.05, 0) is 49.7 Å². The van der Waals surface area contributed by atoms with Crippen molar-refractivity contribution in [1.82, 2.24) is 10.9 Å². The van der Waals surface area contributed by atoms with Crippen molar-refractivity contribution in [3.63, 3.8) is 0 Å². The second kappa shape index (κ2) is 7.61. The van der Waals surface area contributed by atoms with E-state index >= 15 is 0 Å². The van der Waals surface area contributed by atoms with E-state index in [-0.39, 0.29) is 5.56 Å². The van der Waals surface area contributed by atoms with Gasteiger partial charge in [0, 0.05) is 11.1 Å². The molecule has 0 saturated carbocycles. The zero-order valence-corrected chi connectivity index (χ0v) is 14.7. The van der Waals surface area contributed by atoms with Crippen molar-refractivity contribution in [3.8, 4) is 0 Å². The second-order valence-corrected chi connectivity index (χ2v) is 7.47. The van der Waals surface area contributed by atoms with Crippen molar-refractivity contribution in [2.45, 2.75) is 24.5 Å². The molecule has 0 unspecified atom stereocenters. The van der Waals surface area contributed by atoms with Gasteiger partial charge in [0.2, 0.25) is 9.84 Å². The summed E-state index contributed by atoms with van der Waals surface area (Å²) in [6.45, 7) is 3.64. The van der Waals surface area contributed by atoms with Crippen LogP contribution in [0.3, 0.4) is 0 Å². The molecule has 2 rings (SSSR count). The second-order valence-electron chi connectivity index (χ2n) is 5.56. The minimum atomic E-state index is -4.72. The minimum Gasteiger partial charge on any atom is -0.267 e. The number of sulfone groups is 1. The third-order valence-corrected chi connectivity index (χ3v) is 4.99. The Balaban J connectivity index is 2.05. The highest BCUT2D eigenvalue weighted by atomic mass is 32.2. The normalized spacial score (nSPS) is 11.3. The molecule has 0 bridgehead atoms. The lowest BCUT2D eigenvalue weighted by molar-refractivity contribution is 0.0846. The van der Waals surface area contributed by atoms with E-state index in [9.17, 15) is 26.8 Å². The number of hydrazine groups is 1. The Kier molecular flexibility index (Phi) is 5.71. The summed E-state index contributed by atoms with van der Waals surface area (Å²) in [5, 5.41) is 0. The van der Waals surface area contributed by atoms with Gasteiger partial charge in [0.25, 0.3) is 11.8 Å². The van der Waals surface area contributed by atoms with E-state index in [0.717, 1.165) is 35.4 Å². The molecular weight excluding hydrogens is 366 g/mol. The number of aryl methyl sites for hydroxylation is 2. The maximum absolute atomic E-state index is 12.5. The highest BCUT2D eigenvalue weighted by Crippen LogP contribution is 2.18. The van der Waals surface area contributed by atoms with Crippen molar-refractivity contribution in [2.75, 3.05) is 0 Å². The molecule has 2 N–H and O–H groups in total. The molecule has 0 aromatic heterocycles. The molecule has 6 nitrogen and oxygen atoms in total. The molecule has 9 heteroatoms. The van der Waals surface area contributed by atoms with Crippen LogP contribution in [0.2, 0.25) is 0 Å². The molecule has 0 spiro atoms. The Hall–Kier alpha value is -2.81. The lowest BCUT2D eigenvalue weighted by Gasteiger charge is -2.10. The summed E-state index contributed by atoms with van der Waals surface area (Å²) in [6.07, 6.45) is 0. The van der Waals surface area contributed by atoms with Gasteiger partial charge in [0.15, 0.2) is 0 Å². The van der Waals surface area contributed by atoms with E-state index in [1.807, 2.05) is 13.0 Å². The fourth-order valence-corrected chi connectivity index (χ4v) is 2.94. The highest BCUT2D eigenvalue weighted by Gasteiger charge is 2.26. The maximum Gasteiger partial charge on any atom is 0.341 e. The van der Waals surface area contributed by atoms with Crippen molar-refractivity contribution >= 4 is 21.7 Å². The number of halogens is 2. The molecule has 0 aliphatic carbocycles. The zero-order chi connectivity index (χ0) is 19.5. The summed E-state index contributed by atoms with van der Waals surface area (Å²) < 4.78 is 47.6. The fourth-order valence-electron chi connectivity index (χ4n) is 2.22. The molecule has 0 aliphatic heterocycles. The molecule has 0 radical (unpaired) electrons. The summed E-state index contributed by atoms with van der Waals surface area (Å²) in [5.74, 6) is -4.78. The van der Waals surface area contributed by atoms with Gasteiger partial charge in [-0.25, -0.2) is 8.42 Å². The van der Waals surface area contributed by atoms with Gasteiger partial charge in [-0.3, -0.25) is 20.4 Å². The van der Waals surface area contributed by atoms with Gasteiger partial charge in [0.1, 0.15) is 0 Å². The Morgan fingerprint density at radius 3 is 2.04 bits per heavy atom. The number of rotatable bonds is 4. The lowest BCUT2D eigenvalue weighted by atomic mass is 10.1. The number of nitrogens with one attached hydrogen (secondary N) is 2. The first kappa shape index (κ1) is 19.5. The van der Waals surface area contributed by atoms with Crippen LogP contribution < -0.4 is 10.9 Å². The van der Waals surface area contributed by atoms with E-state index in [1.54, 1.807) is 19.1 Å². The smallest absolute Gasteiger partial charge is 0.267 e. The van der Waals surface area contributed by atoms with Crippen LogP contribution in [-0.2, 0) is 9.84 Å². The summed E-state index contributed by atoms with van der Waals surface area (Å²) in [7, 11) is -4.72. The van der Waals surface area contributed by atoms with Crippen LogP contribution >= 0.6 is 0 Å². The van der Waals surface area contributed by atoms with E-state index in [1.165, 1.54) is 0 Å². The molecule has 0 saturated heterocycles. The van der Waals surface area contributed by atoms with Crippen molar-refractivity contribution < 1.29 is 26.8 Å². The number of benzene rings is 2. The molecule has 138 valence electrons. The molecule has 2 aromatic carbocycles. The number of hydrogen-bond donors (Lipinski definition) is 2.